The molecule has 0 aliphatic carbocycles. The molecule has 1 aromatic heterocycles. The highest BCUT2D eigenvalue weighted by atomic mass is 127. The number of hydrogen-bond acceptors (Lipinski definition) is 3. The summed E-state index contributed by atoms with van der Waals surface area (Å²) in [6, 6.07) is 5.27. The number of ether oxygens (including phenoxy) is 1. The number of likely N-dealkylation sites (tertiary alicyclic amines) is 1. The lowest BCUT2D eigenvalue weighted by molar-refractivity contribution is 0.157. The molecule has 0 spiro atoms. The van der Waals surface area contributed by atoms with Crippen molar-refractivity contribution in [1.29, 1.82) is 0 Å². The Balaban J connectivity index is 0.00000261. The van der Waals surface area contributed by atoms with E-state index in [-0.39, 0.29) is 29.8 Å². The third-order valence-electron chi connectivity index (χ3n) is 4.75. The molecule has 3 rings (SSSR count). The normalized spacial score (nSPS) is 17.1. The molecule has 1 unspecified atom stereocenters. The van der Waals surface area contributed by atoms with Gasteiger partial charge in [0.2, 0.25) is 0 Å². The second-order valence-electron chi connectivity index (χ2n) is 6.59. The zero-order valence-electron chi connectivity index (χ0n) is 16.0. The third kappa shape index (κ3) is 5.19. The van der Waals surface area contributed by atoms with Crippen molar-refractivity contribution in [2.24, 2.45) is 10.9 Å². The Morgan fingerprint density at radius 3 is 2.89 bits per heavy atom. The van der Waals surface area contributed by atoms with Gasteiger partial charge in [0.1, 0.15) is 11.6 Å². The van der Waals surface area contributed by atoms with Crippen LogP contribution >= 0.6 is 24.0 Å². The minimum Gasteiger partial charge on any atom is -0.384 e. The van der Waals surface area contributed by atoms with Crippen molar-refractivity contribution < 1.29 is 9.13 Å². The summed E-state index contributed by atoms with van der Waals surface area (Å²) < 4.78 is 21.5. The average molecular weight is 487 g/mol. The molecule has 2 heterocycles. The Bertz CT molecular complexity index is 779. The quantitative estimate of drug-likeness (QED) is 0.401. The molecule has 0 radical (unpaired) electrons. The minimum atomic E-state index is -0.262. The summed E-state index contributed by atoms with van der Waals surface area (Å²) in [6.07, 6.45) is 4.53. The Labute approximate surface area is 176 Å². The fraction of sp³-hybridized carbons (Fsp3) is 0.474. The minimum absolute atomic E-state index is 0. The van der Waals surface area contributed by atoms with Crippen molar-refractivity contribution in [3.63, 3.8) is 0 Å². The number of halogens is 2. The van der Waals surface area contributed by atoms with E-state index in [1.54, 1.807) is 43.3 Å². The van der Waals surface area contributed by atoms with Crippen LogP contribution in [-0.2, 0) is 11.3 Å². The summed E-state index contributed by atoms with van der Waals surface area (Å²) in [4.78, 5) is 10.7. The number of rotatable bonds is 5. The van der Waals surface area contributed by atoms with Crippen molar-refractivity contribution >= 4 is 29.9 Å². The maximum absolute atomic E-state index is 14.5. The van der Waals surface area contributed by atoms with Crippen LogP contribution in [0, 0.1) is 18.7 Å². The van der Waals surface area contributed by atoms with Crippen molar-refractivity contribution in [3.05, 3.63) is 47.8 Å². The van der Waals surface area contributed by atoms with Gasteiger partial charge in [0.25, 0.3) is 0 Å². The molecular formula is C19H27FIN5O. The van der Waals surface area contributed by atoms with Gasteiger partial charge >= 0.3 is 0 Å². The van der Waals surface area contributed by atoms with E-state index in [9.17, 15) is 4.39 Å². The molecule has 1 atom stereocenters. The van der Waals surface area contributed by atoms with Crippen LogP contribution in [0.3, 0.4) is 0 Å². The van der Waals surface area contributed by atoms with Gasteiger partial charge < -0.3 is 19.5 Å². The number of hydrogen-bond donors (Lipinski definition) is 1. The third-order valence-corrected chi connectivity index (χ3v) is 4.75. The van der Waals surface area contributed by atoms with Gasteiger partial charge in [0.05, 0.1) is 12.3 Å². The molecule has 1 fully saturated rings. The number of methoxy groups -OCH3 is 1. The first-order valence-corrected chi connectivity index (χ1v) is 8.85. The first kappa shape index (κ1) is 21.6. The zero-order valence-corrected chi connectivity index (χ0v) is 18.3. The van der Waals surface area contributed by atoms with Crippen molar-refractivity contribution in [2.45, 2.75) is 19.9 Å². The molecule has 6 nitrogen and oxygen atoms in total. The molecule has 2 aromatic rings. The van der Waals surface area contributed by atoms with E-state index in [4.69, 9.17) is 4.74 Å². The average Bonchev–Trinajstić information content (AvgIpc) is 3.25. The fourth-order valence-corrected chi connectivity index (χ4v) is 3.40. The number of nitrogens with zero attached hydrogens (tertiary/aromatic N) is 4. The lowest BCUT2D eigenvalue weighted by atomic mass is 10.1. The first-order valence-electron chi connectivity index (χ1n) is 8.85. The van der Waals surface area contributed by atoms with Crippen LogP contribution in [0.15, 0.2) is 35.6 Å². The van der Waals surface area contributed by atoms with Gasteiger partial charge in [0.15, 0.2) is 5.96 Å². The molecule has 148 valence electrons. The number of benzene rings is 1. The van der Waals surface area contributed by atoms with E-state index in [1.165, 1.54) is 0 Å². The van der Waals surface area contributed by atoms with E-state index in [0.29, 0.717) is 18.2 Å². The van der Waals surface area contributed by atoms with Gasteiger partial charge in [-0.1, -0.05) is 6.07 Å². The molecule has 8 heteroatoms. The van der Waals surface area contributed by atoms with Gasteiger partial charge in [-0.25, -0.2) is 9.37 Å². The maximum atomic E-state index is 14.5. The predicted molar refractivity (Wildman–Crippen MR) is 115 cm³/mol. The van der Waals surface area contributed by atoms with Gasteiger partial charge in [0, 0.05) is 52.1 Å². The molecule has 1 saturated heterocycles. The number of aryl methyl sites for hydroxylation is 1. The van der Waals surface area contributed by atoms with Crippen molar-refractivity contribution in [3.8, 4) is 5.69 Å². The van der Waals surface area contributed by atoms with Crippen LogP contribution in [-0.4, -0.2) is 54.3 Å². The largest absolute Gasteiger partial charge is 0.384 e. The molecule has 0 saturated carbocycles. The first-order chi connectivity index (χ1) is 12.6. The number of imidazole rings is 1. The lowest BCUT2D eigenvalue weighted by Crippen LogP contribution is -2.39. The highest BCUT2D eigenvalue weighted by Gasteiger charge is 2.24. The van der Waals surface area contributed by atoms with Crippen LogP contribution in [0.25, 0.3) is 5.69 Å². The lowest BCUT2D eigenvalue weighted by Gasteiger charge is -2.22. The standard InChI is InChI=1S/C19H26FN5O.HI/c1-14-22-7-9-25(14)18-5-4-15(10-17(18)20)11-23-19(21-2)24-8-6-16(12-24)13-26-3;/h4-5,7,9-10,16H,6,8,11-13H2,1-3H3,(H,21,23);1H. The predicted octanol–water partition coefficient (Wildman–Crippen LogP) is 2.98. The Morgan fingerprint density at radius 2 is 2.26 bits per heavy atom. The van der Waals surface area contributed by atoms with Crippen molar-refractivity contribution in [2.75, 3.05) is 33.9 Å². The van der Waals surface area contributed by atoms with Crippen LogP contribution in [0.4, 0.5) is 4.39 Å². The molecular weight excluding hydrogens is 460 g/mol. The molecule has 0 amide bonds. The van der Waals surface area contributed by atoms with E-state index in [0.717, 1.165) is 43.5 Å². The van der Waals surface area contributed by atoms with Crippen LogP contribution in [0.2, 0.25) is 0 Å². The second-order valence-corrected chi connectivity index (χ2v) is 6.59. The summed E-state index contributed by atoms with van der Waals surface area (Å²) >= 11 is 0. The summed E-state index contributed by atoms with van der Waals surface area (Å²) in [6.45, 7) is 5.04. The molecule has 27 heavy (non-hydrogen) atoms. The van der Waals surface area contributed by atoms with E-state index < -0.39 is 0 Å². The molecule has 0 bridgehead atoms. The molecule has 1 N–H and O–H groups in total. The number of aromatic nitrogens is 2. The summed E-state index contributed by atoms with van der Waals surface area (Å²) in [5.41, 5.74) is 1.38. The highest BCUT2D eigenvalue weighted by molar-refractivity contribution is 14.0. The Hall–Kier alpha value is -1.68. The summed E-state index contributed by atoms with van der Waals surface area (Å²) in [5.74, 6) is 1.88. The molecule has 1 aliphatic rings. The Kier molecular flexibility index (Phi) is 8.03. The van der Waals surface area contributed by atoms with Gasteiger partial charge in [-0.15, -0.1) is 24.0 Å². The van der Waals surface area contributed by atoms with Crippen LogP contribution < -0.4 is 5.32 Å². The van der Waals surface area contributed by atoms with Gasteiger partial charge in [-0.3, -0.25) is 4.99 Å². The topological polar surface area (TPSA) is 54.7 Å². The zero-order chi connectivity index (χ0) is 18.5. The summed E-state index contributed by atoms with van der Waals surface area (Å²) in [5, 5.41) is 3.33. The number of aliphatic imine (C=N–C) groups is 1. The second kappa shape index (κ2) is 10.0. The highest BCUT2D eigenvalue weighted by Crippen LogP contribution is 2.18. The molecule has 1 aromatic carbocycles. The van der Waals surface area contributed by atoms with E-state index >= 15 is 0 Å². The van der Waals surface area contributed by atoms with Crippen molar-refractivity contribution in [1.82, 2.24) is 19.8 Å². The summed E-state index contributed by atoms with van der Waals surface area (Å²) in [7, 11) is 3.51. The van der Waals surface area contributed by atoms with Crippen LogP contribution in [0.1, 0.15) is 17.8 Å². The number of nitrogens with one attached hydrogen (secondary N) is 1. The fourth-order valence-electron chi connectivity index (χ4n) is 3.40. The monoisotopic (exact) mass is 487 g/mol. The van der Waals surface area contributed by atoms with E-state index in [2.05, 4.69) is 20.2 Å². The maximum Gasteiger partial charge on any atom is 0.193 e. The van der Waals surface area contributed by atoms with Gasteiger partial charge in [-0.05, 0) is 31.0 Å². The SMILES string of the molecule is CN=C(NCc1ccc(-n2ccnc2C)c(F)c1)N1CCC(COC)C1.I. The van der Waals surface area contributed by atoms with Gasteiger partial charge in [-0.2, -0.15) is 0 Å². The number of guanidine groups is 1. The molecule has 1 aliphatic heterocycles. The smallest absolute Gasteiger partial charge is 0.193 e. The Morgan fingerprint density at radius 1 is 1.44 bits per heavy atom. The van der Waals surface area contributed by atoms with E-state index in [1.807, 2.05) is 13.0 Å². The van der Waals surface area contributed by atoms with Crippen LogP contribution in [0.5, 0.6) is 0 Å².